The minimum absolute atomic E-state index is 0.0631. The number of aliphatic carboxylic acids is 1. The molecule has 1 N–H and O–H groups in total. The highest BCUT2D eigenvalue weighted by molar-refractivity contribution is 6.30. The van der Waals surface area contributed by atoms with Crippen molar-refractivity contribution in [3.8, 4) is 17.2 Å². The molecule has 4 aromatic rings. The summed E-state index contributed by atoms with van der Waals surface area (Å²) < 4.78 is 27.9. The Balaban J connectivity index is 1.51. The maximum atomic E-state index is 11.5. The lowest BCUT2D eigenvalue weighted by atomic mass is 9.98. The number of halogens is 1. The second kappa shape index (κ2) is 11.6. The Kier molecular flexibility index (Phi) is 8.08. The fourth-order valence-corrected chi connectivity index (χ4v) is 5.22. The first-order valence-corrected chi connectivity index (χ1v) is 13.6. The van der Waals surface area contributed by atoms with Gasteiger partial charge in [0.05, 0.1) is 43.6 Å². The largest absolute Gasteiger partial charge is 0.493 e. The lowest BCUT2D eigenvalue weighted by Crippen LogP contribution is -2.34. The third-order valence-electron chi connectivity index (χ3n) is 7.38. The average Bonchev–Trinajstić information content (AvgIpc) is 3.55. The van der Waals surface area contributed by atoms with Gasteiger partial charge in [-0.25, -0.2) is 9.48 Å². The number of carbonyl (C=O) groups is 1. The number of aromatic nitrogens is 4. The molecule has 0 fully saturated rings. The van der Waals surface area contributed by atoms with E-state index in [4.69, 9.17) is 30.5 Å². The zero-order chi connectivity index (χ0) is 29.3. The average molecular weight is 581 g/mol. The topological polar surface area (TPSA) is 110 Å². The number of ether oxygens (including phenoxy) is 4. The Morgan fingerprint density at radius 2 is 1.93 bits per heavy atom. The predicted octanol–water partition coefficient (Wildman–Crippen LogP) is 5.68. The van der Waals surface area contributed by atoms with Crippen LogP contribution in [-0.4, -0.2) is 50.5 Å². The molecule has 10 nitrogen and oxygen atoms in total. The minimum atomic E-state index is -1.34. The Morgan fingerprint density at radius 3 is 2.66 bits per heavy atom. The molecule has 0 bridgehead atoms. The third-order valence-corrected chi connectivity index (χ3v) is 7.61. The molecular formula is C30H33ClN4O6. The van der Waals surface area contributed by atoms with Gasteiger partial charge in [0.15, 0.2) is 17.1 Å². The van der Waals surface area contributed by atoms with Crippen LogP contribution >= 0.6 is 11.6 Å². The molecule has 41 heavy (non-hydrogen) atoms. The summed E-state index contributed by atoms with van der Waals surface area (Å²) in [6.07, 6.45) is 1.68. The molecular weight excluding hydrogens is 548 g/mol. The maximum absolute atomic E-state index is 11.5. The summed E-state index contributed by atoms with van der Waals surface area (Å²) in [4.78, 5) is 11.5. The summed E-state index contributed by atoms with van der Waals surface area (Å²) in [6, 6.07) is 15.5. The van der Waals surface area contributed by atoms with Crippen molar-refractivity contribution >= 4 is 17.6 Å². The molecule has 2 aromatic heterocycles. The zero-order valence-corrected chi connectivity index (χ0v) is 24.4. The molecule has 0 saturated heterocycles. The van der Waals surface area contributed by atoms with E-state index in [1.807, 2.05) is 61.7 Å². The highest BCUT2D eigenvalue weighted by Crippen LogP contribution is 2.46. The van der Waals surface area contributed by atoms with Gasteiger partial charge in [-0.2, -0.15) is 0 Å². The fraction of sp³-hybridized carbons (Fsp3) is 0.367. The van der Waals surface area contributed by atoms with E-state index in [1.165, 1.54) is 13.8 Å². The second-order valence-corrected chi connectivity index (χ2v) is 10.8. The van der Waals surface area contributed by atoms with E-state index in [9.17, 15) is 9.90 Å². The normalized spacial score (nSPS) is 16.5. The molecule has 0 unspecified atom stereocenters. The Bertz CT molecular complexity index is 1560. The molecule has 0 amide bonds. The molecule has 0 saturated carbocycles. The van der Waals surface area contributed by atoms with Crippen molar-refractivity contribution in [3.63, 3.8) is 0 Å². The second-order valence-electron chi connectivity index (χ2n) is 10.3. The van der Waals surface area contributed by atoms with Crippen LogP contribution in [0.15, 0.2) is 54.7 Å². The van der Waals surface area contributed by atoms with E-state index in [2.05, 4.69) is 14.9 Å². The van der Waals surface area contributed by atoms with Crippen LogP contribution in [0.4, 0.5) is 0 Å². The van der Waals surface area contributed by atoms with Crippen LogP contribution in [0.2, 0.25) is 5.02 Å². The SMILES string of the molecule is COc1cccc([C@H]2O[C@H](CCn3nnc(C)c3COC(C)(C)C(=O)O)c3cccn3-c3ccc(Cl)cc32)c1OC. The van der Waals surface area contributed by atoms with Gasteiger partial charge in [-0.3, -0.25) is 0 Å². The molecule has 0 radical (unpaired) electrons. The van der Waals surface area contributed by atoms with Gasteiger partial charge in [-0.15, -0.1) is 5.10 Å². The van der Waals surface area contributed by atoms with Crippen LogP contribution in [-0.2, 0) is 27.4 Å². The first-order valence-electron chi connectivity index (χ1n) is 13.2. The van der Waals surface area contributed by atoms with Crippen molar-refractivity contribution in [1.82, 2.24) is 19.6 Å². The van der Waals surface area contributed by atoms with Crippen LogP contribution in [0, 0.1) is 6.92 Å². The van der Waals surface area contributed by atoms with Gasteiger partial charge in [0, 0.05) is 28.9 Å². The summed E-state index contributed by atoms with van der Waals surface area (Å²) >= 11 is 6.51. The van der Waals surface area contributed by atoms with Crippen LogP contribution in [0.5, 0.6) is 11.5 Å². The van der Waals surface area contributed by atoms with Gasteiger partial charge >= 0.3 is 5.97 Å². The van der Waals surface area contributed by atoms with Gasteiger partial charge in [0.2, 0.25) is 0 Å². The number of nitrogens with zero attached hydrogens (tertiary/aromatic N) is 4. The molecule has 0 spiro atoms. The van der Waals surface area contributed by atoms with E-state index in [-0.39, 0.29) is 12.7 Å². The van der Waals surface area contributed by atoms with Gasteiger partial charge in [-0.05, 0) is 63.6 Å². The molecule has 1 aliphatic rings. The maximum Gasteiger partial charge on any atom is 0.335 e. The van der Waals surface area contributed by atoms with Gasteiger partial charge in [0.1, 0.15) is 12.2 Å². The summed E-state index contributed by atoms with van der Waals surface area (Å²) in [5.41, 5.74) is 3.68. The van der Waals surface area contributed by atoms with Gasteiger partial charge in [0.25, 0.3) is 0 Å². The van der Waals surface area contributed by atoms with E-state index >= 15 is 0 Å². The summed E-state index contributed by atoms with van der Waals surface area (Å²) in [5, 5.41) is 18.6. The number of para-hydroxylation sites is 1. The highest BCUT2D eigenvalue weighted by Gasteiger charge is 2.33. The van der Waals surface area contributed by atoms with E-state index in [1.54, 1.807) is 18.9 Å². The lowest BCUT2D eigenvalue weighted by molar-refractivity contribution is -0.163. The van der Waals surface area contributed by atoms with Crippen molar-refractivity contribution in [1.29, 1.82) is 0 Å². The Hall–Kier alpha value is -3.86. The minimum Gasteiger partial charge on any atom is -0.493 e. The number of benzene rings is 2. The number of methoxy groups -OCH3 is 2. The fourth-order valence-electron chi connectivity index (χ4n) is 5.04. The lowest BCUT2D eigenvalue weighted by Gasteiger charge is -2.25. The number of hydrogen-bond donors (Lipinski definition) is 1. The Labute approximate surface area is 243 Å². The van der Waals surface area contributed by atoms with E-state index < -0.39 is 17.7 Å². The number of hydrogen-bond acceptors (Lipinski definition) is 7. The van der Waals surface area contributed by atoms with Crippen LogP contribution in [0.1, 0.15) is 60.7 Å². The zero-order valence-electron chi connectivity index (χ0n) is 23.6. The molecule has 2 atom stereocenters. The molecule has 1 aliphatic heterocycles. The monoisotopic (exact) mass is 580 g/mol. The highest BCUT2D eigenvalue weighted by atomic mass is 35.5. The number of aryl methyl sites for hydroxylation is 2. The first-order chi connectivity index (χ1) is 19.6. The summed E-state index contributed by atoms with van der Waals surface area (Å²) in [5.74, 6) is 0.147. The Morgan fingerprint density at radius 1 is 1.12 bits per heavy atom. The number of fused-ring (bicyclic) bond motifs is 3. The van der Waals surface area contributed by atoms with Crippen LogP contribution in [0.3, 0.4) is 0 Å². The van der Waals surface area contributed by atoms with Gasteiger partial charge in [-0.1, -0.05) is 28.9 Å². The quantitative estimate of drug-likeness (QED) is 0.255. The summed E-state index contributed by atoms with van der Waals surface area (Å²) in [7, 11) is 3.22. The number of carboxylic acid groups (broad SMARTS) is 1. The summed E-state index contributed by atoms with van der Waals surface area (Å²) in [6.45, 7) is 5.39. The predicted molar refractivity (Wildman–Crippen MR) is 152 cm³/mol. The molecule has 2 aromatic carbocycles. The first kappa shape index (κ1) is 28.7. The van der Waals surface area contributed by atoms with Crippen molar-refractivity contribution in [2.24, 2.45) is 0 Å². The van der Waals surface area contributed by atoms with Gasteiger partial charge < -0.3 is 28.6 Å². The van der Waals surface area contributed by atoms with E-state index in [0.717, 1.165) is 22.5 Å². The smallest absolute Gasteiger partial charge is 0.335 e. The molecule has 5 rings (SSSR count). The van der Waals surface area contributed by atoms with Crippen molar-refractivity contribution < 1.29 is 28.8 Å². The van der Waals surface area contributed by atoms with Crippen molar-refractivity contribution in [3.05, 3.63) is 88.0 Å². The van der Waals surface area contributed by atoms with Crippen LogP contribution < -0.4 is 9.47 Å². The number of rotatable bonds is 10. The molecule has 11 heteroatoms. The van der Waals surface area contributed by atoms with Crippen molar-refractivity contribution in [2.45, 2.75) is 58.2 Å². The third kappa shape index (κ3) is 5.55. The molecule has 3 heterocycles. The number of carboxylic acids is 1. The standard InChI is InChI=1S/C30H33ClN4O6/c1-18-24(17-40-30(2,3)29(36)37)35(33-32-18)15-13-25-23-9-7-14-34(23)22-12-11-19(31)16-21(22)27(41-25)20-8-6-10-26(38-4)28(20)39-5/h6-12,14,16,25,27H,13,15,17H2,1-5H3,(H,36,37)/t25-,27-/m1/s1. The van der Waals surface area contributed by atoms with Crippen LogP contribution in [0.25, 0.3) is 5.69 Å². The van der Waals surface area contributed by atoms with Crippen molar-refractivity contribution in [2.75, 3.05) is 14.2 Å². The van der Waals surface area contributed by atoms with E-state index in [0.29, 0.717) is 40.9 Å². The molecule has 0 aliphatic carbocycles. The molecule has 216 valence electrons.